The van der Waals surface area contributed by atoms with Crippen molar-refractivity contribution in [1.82, 2.24) is 4.90 Å². The lowest BCUT2D eigenvalue weighted by Gasteiger charge is -2.20. The molecule has 1 atom stereocenters. The Morgan fingerprint density at radius 3 is 2.73 bits per heavy atom. The molecular weight excluding hydrogens is 140 g/mol. The molecule has 2 N–H and O–H groups in total. The third-order valence-electron chi connectivity index (χ3n) is 1.93. The van der Waals surface area contributed by atoms with E-state index in [0.717, 1.165) is 19.4 Å². The molecule has 0 unspecified atom stereocenters. The van der Waals surface area contributed by atoms with Crippen LogP contribution < -0.4 is 5.73 Å². The minimum absolute atomic E-state index is 0.00463. The summed E-state index contributed by atoms with van der Waals surface area (Å²) in [7, 11) is 0. The predicted molar refractivity (Wildman–Crippen MR) is 43.7 cm³/mol. The van der Waals surface area contributed by atoms with Gasteiger partial charge in [-0.2, -0.15) is 0 Å². The molecule has 1 aliphatic rings. The number of carbonyl (C=O) groups excluding carboxylic acids is 1. The van der Waals surface area contributed by atoms with Crippen LogP contribution in [0.4, 0.5) is 0 Å². The molecule has 0 bridgehead atoms. The molecule has 0 aliphatic carbocycles. The minimum atomic E-state index is -0.0841. The van der Waals surface area contributed by atoms with Crippen LogP contribution >= 0.6 is 0 Å². The molecule has 0 aromatic rings. The van der Waals surface area contributed by atoms with Gasteiger partial charge in [-0.15, -0.1) is 0 Å². The van der Waals surface area contributed by atoms with Gasteiger partial charge in [-0.25, -0.2) is 0 Å². The van der Waals surface area contributed by atoms with Crippen molar-refractivity contribution in [3.63, 3.8) is 0 Å². The Hall–Kier alpha value is -0.830. The lowest BCUT2D eigenvalue weighted by molar-refractivity contribution is -0.127. The van der Waals surface area contributed by atoms with Gasteiger partial charge in [-0.3, -0.25) is 4.79 Å². The summed E-state index contributed by atoms with van der Waals surface area (Å²) >= 11 is 0. The number of hydrogen-bond donors (Lipinski definition) is 1. The van der Waals surface area contributed by atoms with Gasteiger partial charge in [-0.1, -0.05) is 6.58 Å². The average Bonchev–Trinajstić information content (AvgIpc) is 2.33. The Kier molecular flexibility index (Phi) is 2.29. The number of rotatable bonds is 1. The number of likely N-dealkylation sites (tertiary alicyclic amines) is 1. The van der Waals surface area contributed by atoms with Crippen LogP contribution in [0.1, 0.15) is 19.8 Å². The van der Waals surface area contributed by atoms with Gasteiger partial charge in [-0.05, 0) is 19.8 Å². The van der Waals surface area contributed by atoms with Crippen molar-refractivity contribution in [3.8, 4) is 0 Å². The number of hydrogen-bond acceptors (Lipinski definition) is 2. The Morgan fingerprint density at radius 2 is 2.36 bits per heavy atom. The second-order valence-electron chi connectivity index (χ2n) is 2.99. The van der Waals surface area contributed by atoms with Crippen LogP contribution in [0.5, 0.6) is 0 Å². The molecule has 1 rings (SSSR count). The van der Waals surface area contributed by atoms with Gasteiger partial charge in [0.2, 0.25) is 5.91 Å². The van der Waals surface area contributed by atoms with Crippen LogP contribution in [0, 0.1) is 0 Å². The van der Waals surface area contributed by atoms with Crippen molar-refractivity contribution in [2.75, 3.05) is 6.54 Å². The lowest BCUT2D eigenvalue weighted by Crippen LogP contribution is -2.41. The van der Waals surface area contributed by atoms with E-state index in [0.29, 0.717) is 5.57 Å². The topological polar surface area (TPSA) is 46.3 Å². The highest BCUT2D eigenvalue weighted by Gasteiger charge is 2.25. The van der Waals surface area contributed by atoms with E-state index in [2.05, 4.69) is 6.58 Å². The molecule has 1 aliphatic heterocycles. The number of nitrogens with zero attached hydrogens (tertiary/aromatic N) is 1. The quantitative estimate of drug-likeness (QED) is 0.558. The van der Waals surface area contributed by atoms with E-state index >= 15 is 0 Å². The van der Waals surface area contributed by atoms with Crippen molar-refractivity contribution in [1.29, 1.82) is 0 Å². The van der Waals surface area contributed by atoms with E-state index in [-0.39, 0.29) is 12.1 Å². The molecule has 1 saturated heterocycles. The molecule has 11 heavy (non-hydrogen) atoms. The molecule has 1 fully saturated rings. The van der Waals surface area contributed by atoms with Crippen LogP contribution in [0.15, 0.2) is 12.2 Å². The largest absolute Gasteiger partial charge is 0.324 e. The average molecular weight is 154 g/mol. The van der Waals surface area contributed by atoms with Gasteiger partial charge in [0.05, 0.1) is 6.17 Å². The van der Waals surface area contributed by atoms with Crippen molar-refractivity contribution < 1.29 is 4.79 Å². The van der Waals surface area contributed by atoms with Crippen LogP contribution in [0.2, 0.25) is 0 Å². The normalized spacial score (nSPS) is 23.8. The molecule has 0 aromatic heterocycles. The first-order valence-electron chi connectivity index (χ1n) is 3.85. The molecule has 0 spiro atoms. The van der Waals surface area contributed by atoms with Crippen molar-refractivity contribution in [2.45, 2.75) is 25.9 Å². The second kappa shape index (κ2) is 3.05. The van der Waals surface area contributed by atoms with Gasteiger partial charge in [0.1, 0.15) is 0 Å². The molecule has 0 radical (unpaired) electrons. The van der Waals surface area contributed by atoms with E-state index in [1.54, 1.807) is 11.8 Å². The lowest BCUT2D eigenvalue weighted by atomic mass is 10.3. The zero-order valence-corrected chi connectivity index (χ0v) is 6.84. The van der Waals surface area contributed by atoms with Crippen molar-refractivity contribution in [3.05, 3.63) is 12.2 Å². The van der Waals surface area contributed by atoms with Crippen LogP contribution in [0.3, 0.4) is 0 Å². The Morgan fingerprint density at radius 1 is 1.73 bits per heavy atom. The third-order valence-corrected chi connectivity index (χ3v) is 1.93. The Bertz CT molecular complexity index is 189. The zero-order chi connectivity index (χ0) is 8.43. The fourth-order valence-electron chi connectivity index (χ4n) is 1.29. The molecule has 3 nitrogen and oxygen atoms in total. The van der Waals surface area contributed by atoms with Crippen molar-refractivity contribution in [2.24, 2.45) is 5.73 Å². The molecule has 0 saturated carbocycles. The maximum Gasteiger partial charge on any atom is 0.250 e. The summed E-state index contributed by atoms with van der Waals surface area (Å²) in [4.78, 5) is 13.0. The minimum Gasteiger partial charge on any atom is -0.324 e. The maximum absolute atomic E-state index is 11.3. The highest BCUT2D eigenvalue weighted by Crippen LogP contribution is 2.14. The molecule has 1 heterocycles. The van der Waals surface area contributed by atoms with E-state index in [9.17, 15) is 4.79 Å². The smallest absolute Gasteiger partial charge is 0.250 e. The highest BCUT2D eigenvalue weighted by atomic mass is 16.2. The van der Waals surface area contributed by atoms with Gasteiger partial charge >= 0.3 is 0 Å². The van der Waals surface area contributed by atoms with E-state index in [1.807, 2.05) is 0 Å². The van der Waals surface area contributed by atoms with Gasteiger partial charge in [0.15, 0.2) is 0 Å². The van der Waals surface area contributed by atoms with Crippen LogP contribution in [-0.4, -0.2) is 23.5 Å². The maximum atomic E-state index is 11.3. The van der Waals surface area contributed by atoms with Gasteiger partial charge < -0.3 is 10.6 Å². The Labute approximate surface area is 66.9 Å². The highest BCUT2D eigenvalue weighted by molar-refractivity contribution is 5.92. The Balaban J connectivity index is 2.60. The first-order valence-corrected chi connectivity index (χ1v) is 3.85. The first kappa shape index (κ1) is 8.27. The monoisotopic (exact) mass is 154 g/mol. The van der Waals surface area contributed by atoms with Crippen LogP contribution in [0.25, 0.3) is 0 Å². The fourth-order valence-corrected chi connectivity index (χ4v) is 1.29. The summed E-state index contributed by atoms with van der Waals surface area (Å²) in [6, 6.07) is 0. The molecule has 1 amide bonds. The summed E-state index contributed by atoms with van der Waals surface area (Å²) in [5.74, 6) is -0.00463. The van der Waals surface area contributed by atoms with Gasteiger partial charge in [0, 0.05) is 12.1 Å². The summed E-state index contributed by atoms with van der Waals surface area (Å²) in [5.41, 5.74) is 6.25. The van der Waals surface area contributed by atoms with E-state index in [1.165, 1.54) is 0 Å². The van der Waals surface area contributed by atoms with Crippen LogP contribution in [-0.2, 0) is 4.79 Å². The molecule has 3 heteroatoms. The zero-order valence-electron chi connectivity index (χ0n) is 6.84. The number of carbonyl (C=O) groups is 1. The fraction of sp³-hybridized carbons (Fsp3) is 0.625. The molecule has 0 aromatic carbocycles. The number of nitrogens with two attached hydrogens (primary N) is 1. The summed E-state index contributed by atoms with van der Waals surface area (Å²) < 4.78 is 0. The third kappa shape index (κ3) is 1.60. The van der Waals surface area contributed by atoms with Crippen molar-refractivity contribution >= 4 is 5.91 Å². The molecular formula is C8H14N2O. The first-order chi connectivity index (χ1) is 5.13. The SMILES string of the molecule is C=C(C)C(=O)N1CCC[C@H]1N. The van der Waals surface area contributed by atoms with E-state index in [4.69, 9.17) is 5.73 Å². The summed E-state index contributed by atoms with van der Waals surface area (Å²) in [5, 5.41) is 0. The predicted octanol–water partition coefficient (Wildman–Crippen LogP) is 0.470. The summed E-state index contributed by atoms with van der Waals surface area (Å²) in [6.07, 6.45) is 1.85. The molecule has 62 valence electrons. The second-order valence-corrected chi connectivity index (χ2v) is 2.99. The number of amides is 1. The van der Waals surface area contributed by atoms with Gasteiger partial charge in [0.25, 0.3) is 0 Å². The standard InChI is InChI=1S/C8H14N2O/c1-6(2)8(11)10-5-3-4-7(10)9/h7H,1,3-5,9H2,2H3/t7-/m0/s1. The summed E-state index contributed by atoms with van der Waals surface area (Å²) in [6.45, 7) is 6.09. The van der Waals surface area contributed by atoms with E-state index < -0.39 is 0 Å².